The first kappa shape index (κ1) is 11.0. The van der Waals surface area contributed by atoms with E-state index in [9.17, 15) is 8.42 Å². The molecule has 1 aromatic rings. The van der Waals surface area contributed by atoms with Gasteiger partial charge < -0.3 is 10.3 Å². The monoisotopic (exact) mass is 219 g/mol. The second-order valence-electron chi connectivity index (χ2n) is 2.97. The normalized spacial score (nSPS) is 11.8. The third kappa shape index (κ3) is 3.75. The molecule has 0 atom stereocenters. The first-order valence-electron chi connectivity index (χ1n) is 4.21. The van der Waals surface area contributed by atoms with Gasteiger partial charge in [-0.25, -0.2) is 4.98 Å². The summed E-state index contributed by atoms with van der Waals surface area (Å²) in [4.78, 5) is 3.82. The lowest BCUT2D eigenvalue weighted by molar-refractivity contribution is 0.478. The van der Waals surface area contributed by atoms with Crippen molar-refractivity contribution in [2.45, 2.75) is 19.4 Å². The highest BCUT2D eigenvalue weighted by Crippen LogP contribution is 2.02. The van der Waals surface area contributed by atoms with Gasteiger partial charge in [-0.1, -0.05) is 0 Å². The van der Waals surface area contributed by atoms with Crippen LogP contribution in [0.25, 0.3) is 0 Å². The molecule has 7 heteroatoms. The van der Waals surface area contributed by atoms with E-state index >= 15 is 0 Å². The zero-order chi connectivity index (χ0) is 10.6. The van der Waals surface area contributed by atoms with E-state index < -0.39 is 10.1 Å². The number of imidazole rings is 1. The van der Waals surface area contributed by atoms with Gasteiger partial charge in [0.05, 0.1) is 5.75 Å². The van der Waals surface area contributed by atoms with Crippen molar-refractivity contribution >= 4 is 16.1 Å². The van der Waals surface area contributed by atoms with Gasteiger partial charge in [-0.05, 0) is 12.8 Å². The molecule has 14 heavy (non-hydrogen) atoms. The lowest BCUT2D eigenvalue weighted by Gasteiger charge is -2.02. The minimum atomic E-state index is -3.83. The summed E-state index contributed by atoms with van der Waals surface area (Å²) in [6.45, 7) is 0.612. The molecule has 1 heterocycles. The summed E-state index contributed by atoms with van der Waals surface area (Å²) >= 11 is 0. The summed E-state index contributed by atoms with van der Waals surface area (Å²) in [7, 11) is -3.83. The Morgan fingerprint density at radius 2 is 2.21 bits per heavy atom. The number of nitrogen functional groups attached to an aromatic ring is 1. The largest absolute Gasteiger partial charge is 0.369 e. The highest BCUT2D eigenvalue weighted by molar-refractivity contribution is 7.85. The number of aryl methyl sites for hydroxylation is 1. The molecule has 1 aromatic heterocycles. The molecule has 80 valence electrons. The smallest absolute Gasteiger partial charge is 0.264 e. The molecule has 0 bridgehead atoms. The fourth-order valence-corrected chi connectivity index (χ4v) is 1.67. The highest BCUT2D eigenvalue weighted by Gasteiger charge is 2.03. The Bertz CT molecular complexity index is 385. The van der Waals surface area contributed by atoms with E-state index in [1.165, 1.54) is 0 Å². The van der Waals surface area contributed by atoms with Gasteiger partial charge in [-0.3, -0.25) is 4.55 Å². The van der Waals surface area contributed by atoms with Gasteiger partial charge in [-0.15, -0.1) is 0 Å². The molecule has 0 unspecified atom stereocenters. The molecule has 3 N–H and O–H groups in total. The Morgan fingerprint density at radius 3 is 2.71 bits per heavy atom. The SMILES string of the molecule is Nc1nccn1CCCCS(=O)(=O)O. The van der Waals surface area contributed by atoms with Gasteiger partial charge in [0, 0.05) is 18.9 Å². The topological polar surface area (TPSA) is 98.2 Å². The van der Waals surface area contributed by atoms with Gasteiger partial charge in [0.2, 0.25) is 0 Å². The highest BCUT2D eigenvalue weighted by atomic mass is 32.2. The van der Waals surface area contributed by atoms with Gasteiger partial charge in [0.25, 0.3) is 10.1 Å². The van der Waals surface area contributed by atoms with Crippen LogP contribution < -0.4 is 5.73 Å². The van der Waals surface area contributed by atoms with Crippen LogP contribution in [0.4, 0.5) is 5.95 Å². The van der Waals surface area contributed by atoms with E-state index in [-0.39, 0.29) is 5.75 Å². The van der Waals surface area contributed by atoms with Crippen LogP contribution in [0.3, 0.4) is 0 Å². The van der Waals surface area contributed by atoms with Crippen LogP contribution in [0.2, 0.25) is 0 Å². The van der Waals surface area contributed by atoms with Crippen LogP contribution in [-0.4, -0.2) is 28.3 Å². The maximum atomic E-state index is 10.4. The molecule has 0 aliphatic rings. The maximum absolute atomic E-state index is 10.4. The fourth-order valence-electron chi connectivity index (χ4n) is 1.10. The van der Waals surface area contributed by atoms with E-state index in [2.05, 4.69) is 4.98 Å². The molecule has 0 saturated carbocycles. The summed E-state index contributed by atoms with van der Waals surface area (Å²) in [6, 6.07) is 0. The number of nitrogens with zero attached hydrogens (tertiary/aromatic N) is 2. The molecule has 0 spiro atoms. The third-order valence-corrected chi connectivity index (χ3v) is 2.60. The summed E-state index contributed by atoms with van der Waals surface area (Å²) in [5.41, 5.74) is 5.49. The molecular weight excluding hydrogens is 206 g/mol. The van der Waals surface area contributed by atoms with Crippen molar-refractivity contribution in [3.05, 3.63) is 12.4 Å². The van der Waals surface area contributed by atoms with E-state index in [1.807, 2.05) is 0 Å². The first-order valence-corrected chi connectivity index (χ1v) is 5.82. The molecule has 0 aromatic carbocycles. The number of nitrogens with two attached hydrogens (primary N) is 1. The Balaban J connectivity index is 2.26. The quantitative estimate of drug-likeness (QED) is 0.542. The summed E-state index contributed by atoms with van der Waals surface area (Å²) in [5, 5.41) is 0. The van der Waals surface area contributed by atoms with Gasteiger partial charge in [0.1, 0.15) is 0 Å². The standard InChI is InChI=1S/C7H13N3O3S/c8-7-9-3-5-10(7)4-1-2-6-14(11,12)13/h3,5H,1-2,4,6H2,(H2,8,9)(H,11,12,13). The van der Waals surface area contributed by atoms with Crippen LogP contribution in [0, 0.1) is 0 Å². The summed E-state index contributed by atoms with van der Waals surface area (Å²) in [5.74, 6) is 0.207. The number of aromatic nitrogens is 2. The Morgan fingerprint density at radius 1 is 1.50 bits per heavy atom. The maximum Gasteiger partial charge on any atom is 0.264 e. The second-order valence-corrected chi connectivity index (χ2v) is 4.54. The molecule has 0 aliphatic carbocycles. The van der Waals surface area contributed by atoms with Crippen molar-refractivity contribution in [1.82, 2.24) is 9.55 Å². The van der Waals surface area contributed by atoms with E-state index in [4.69, 9.17) is 10.3 Å². The van der Waals surface area contributed by atoms with Crippen molar-refractivity contribution < 1.29 is 13.0 Å². The predicted octanol–water partition coefficient (Wildman–Crippen LogP) is 0.133. The number of anilines is 1. The predicted molar refractivity (Wildman–Crippen MR) is 52.3 cm³/mol. The molecule has 1 rings (SSSR count). The Hall–Kier alpha value is -1.08. The molecule has 0 amide bonds. The van der Waals surface area contributed by atoms with Crippen LogP contribution >= 0.6 is 0 Å². The third-order valence-electron chi connectivity index (χ3n) is 1.80. The lowest BCUT2D eigenvalue weighted by Crippen LogP contribution is -2.07. The van der Waals surface area contributed by atoms with Crippen molar-refractivity contribution in [3.63, 3.8) is 0 Å². The molecular formula is C7H13N3O3S. The number of hydrogen-bond acceptors (Lipinski definition) is 4. The van der Waals surface area contributed by atoms with Crippen molar-refractivity contribution in [1.29, 1.82) is 0 Å². The van der Waals surface area contributed by atoms with E-state index in [0.717, 1.165) is 0 Å². The van der Waals surface area contributed by atoms with Crippen molar-refractivity contribution in [2.24, 2.45) is 0 Å². The van der Waals surface area contributed by atoms with Crippen LogP contribution in [-0.2, 0) is 16.7 Å². The average Bonchev–Trinajstić information content (AvgIpc) is 2.44. The Kier molecular flexibility index (Phi) is 3.48. The summed E-state index contributed by atoms with van der Waals surface area (Å²) in [6.07, 6.45) is 4.36. The lowest BCUT2D eigenvalue weighted by atomic mass is 10.3. The van der Waals surface area contributed by atoms with Crippen LogP contribution in [0.15, 0.2) is 12.4 Å². The van der Waals surface area contributed by atoms with Gasteiger partial charge >= 0.3 is 0 Å². The van der Waals surface area contributed by atoms with Gasteiger partial charge in [-0.2, -0.15) is 8.42 Å². The average molecular weight is 219 g/mol. The molecule has 0 aliphatic heterocycles. The van der Waals surface area contributed by atoms with Crippen LogP contribution in [0.1, 0.15) is 12.8 Å². The Labute approximate surface area is 82.5 Å². The van der Waals surface area contributed by atoms with E-state index in [1.54, 1.807) is 17.0 Å². The zero-order valence-electron chi connectivity index (χ0n) is 7.63. The molecule has 0 radical (unpaired) electrons. The van der Waals surface area contributed by atoms with Crippen LogP contribution in [0.5, 0.6) is 0 Å². The first-order chi connectivity index (χ1) is 6.49. The van der Waals surface area contributed by atoms with E-state index in [0.29, 0.717) is 25.3 Å². The minimum Gasteiger partial charge on any atom is -0.369 e. The number of rotatable bonds is 5. The second kappa shape index (κ2) is 4.43. The van der Waals surface area contributed by atoms with Gasteiger partial charge in [0.15, 0.2) is 5.95 Å². The summed E-state index contributed by atoms with van der Waals surface area (Å²) < 4.78 is 30.9. The molecule has 0 saturated heterocycles. The fraction of sp³-hybridized carbons (Fsp3) is 0.571. The number of hydrogen-bond donors (Lipinski definition) is 2. The van der Waals surface area contributed by atoms with Crippen molar-refractivity contribution in [3.8, 4) is 0 Å². The minimum absolute atomic E-state index is 0.207. The van der Waals surface area contributed by atoms with Crippen molar-refractivity contribution in [2.75, 3.05) is 11.5 Å². The zero-order valence-corrected chi connectivity index (χ0v) is 8.44. The molecule has 0 fully saturated rings. The number of unbranched alkanes of at least 4 members (excludes halogenated alkanes) is 1. The molecule has 6 nitrogen and oxygen atoms in total.